The average molecular weight is 247 g/mol. The molecule has 1 saturated heterocycles. The number of rotatable bonds is 4. The van der Waals surface area contributed by atoms with E-state index in [2.05, 4.69) is 44.3 Å². The summed E-state index contributed by atoms with van der Waals surface area (Å²) < 4.78 is 5.90. The summed E-state index contributed by atoms with van der Waals surface area (Å²) in [7, 11) is 0. The average Bonchev–Trinajstić information content (AvgIpc) is 2.37. The second-order valence-corrected chi connectivity index (χ2v) is 5.63. The van der Waals surface area contributed by atoms with Crippen molar-refractivity contribution in [1.82, 2.24) is 5.32 Å². The molecule has 1 aromatic carbocycles. The highest BCUT2D eigenvalue weighted by atomic mass is 16.5. The Kier molecular flexibility index (Phi) is 4.65. The number of aryl methyl sites for hydroxylation is 1. The molecule has 100 valence electrons. The van der Waals surface area contributed by atoms with Crippen LogP contribution in [0.3, 0.4) is 0 Å². The van der Waals surface area contributed by atoms with Crippen molar-refractivity contribution in [2.45, 2.75) is 52.0 Å². The third-order valence-electron chi connectivity index (χ3n) is 3.73. The summed E-state index contributed by atoms with van der Waals surface area (Å²) in [4.78, 5) is 0. The van der Waals surface area contributed by atoms with E-state index >= 15 is 0 Å². The van der Waals surface area contributed by atoms with Crippen LogP contribution in [0.25, 0.3) is 0 Å². The van der Waals surface area contributed by atoms with E-state index in [0.717, 1.165) is 18.9 Å². The molecule has 1 unspecified atom stereocenters. The molecule has 1 aliphatic heterocycles. The van der Waals surface area contributed by atoms with Gasteiger partial charge in [0.2, 0.25) is 0 Å². The van der Waals surface area contributed by atoms with Gasteiger partial charge in [0.15, 0.2) is 0 Å². The normalized spacial score (nSPS) is 20.1. The molecule has 1 heterocycles. The largest absolute Gasteiger partial charge is 0.492 e. The van der Waals surface area contributed by atoms with E-state index in [0.29, 0.717) is 12.0 Å². The summed E-state index contributed by atoms with van der Waals surface area (Å²) in [6.45, 7) is 8.56. The fraction of sp³-hybridized carbons (Fsp3) is 0.625. The van der Waals surface area contributed by atoms with Crippen molar-refractivity contribution in [2.24, 2.45) is 0 Å². The molecule has 0 bridgehead atoms. The van der Waals surface area contributed by atoms with Crippen LogP contribution in [0, 0.1) is 6.92 Å². The maximum absolute atomic E-state index is 5.90. The van der Waals surface area contributed by atoms with Crippen LogP contribution >= 0.6 is 0 Å². The summed E-state index contributed by atoms with van der Waals surface area (Å²) in [5.74, 6) is 1.59. The van der Waals surface area contributed by atoms with Gasteiger partial charge in [-0.3, -0.25) is 0 Å². The molecule has 2 nitrogen and oxygen atoms in total. The van der Waals surface area contributed by atoms with E-state index in [1.807, 2.05) is 0 Å². The van der Waals surface area contributed by atoms with E-state index in [9.17, 15) is 0 Å². The van der Waals surface area contributed by atoms with Gasteiger partial charge in [-0.25, -0.2) is 0 Å². The summed E-state index contributed by atoms with van der Waals surface area (Å²) >= 11 is 0. The lowest BCUT2D eigenvalue weighted by Gasteiger charge is -2.23. The molecule has 1 fully saturated rings. The number of nitrogens with one attached hydrogen (secondary N) is 1. The van der Waals surface area contributed by atoms with Crippen molar-refractivity contribution in [3.8, 4) is 5.75 Å². The number of ether oxygens (including phenoxy) is 1. The molecular formula is C16H25NO. The number of hydrogen-bond donors (Lipinski definition) is 1. The standard InChI is InChI=1S/C16H25NO/c1-12(2)16-8-7-15(10-13(16)3)18-11-14-6-4-5-9-17-14/h7-8,10,12,14,17H,4-6,9,11H2,1-3H3. The quantitative estimate of drug-likeness (QED) is 0.877. The van der Waals surface area contributed by atoms with Crippen molar-refractivity contribution in [3.63, 3.8) is 0 Å². The van der Waals surface area contributed by atoms with Crippen LogP contribution < -0.4 is 10.1 Å². The molecule has 2 rings (SSSR count). The van der Waals surface area contributed by atoms with Gasteiger partial charge in [0.05, 0.1) is 0 Å². The second kappa shape index (κ2) is 6.24. The Labute approximate surface area is 111 Å². The Morgan fingerprint density at radius 2 is 2.17 bits per heavy atom. The molecule has 0 aromatic heterocycles. The molecule has 1 atom stereocenters. The Hall–Kier alpha value is -1.02. The molecule has 1 aromatic rings. The third-order valence-corrected chi connectivity index (χ3v) is 3.73. The van der Waals surface area contributed by atoms with Crippen molar-refractivity contribution in [1.29, 1.82) is 0 Å². The molecule has 1 aliphatic rings. The predicted octanol–water partition coefficient (Wildman–Crippen LogP) is 3.64. The molecule has 0 aliphatic carbocycles. The molecule has 0 spiro atoms. The predicted molar refractivity (Wildman–Crippen MR) is 76.4 cm³/mol. The molecule has 0 radical (unpaired) electrons. The van der Waals surface area contributed by atoms with Crippen molar-refractivity contribution in [2.75, 3.05) is 13.2 Å². The zero-order valence-electron chi connectivity index (χ0n) is 11.8. The summed E-state index contributed by atoms with van der Waals surface area (Å²) in [5.41, 5.74) is 2.75. The van der Waals surface area contributed by atoms with Gasteiger partial charge in [-0.1, -0.05) is 26.3 Å². The Morgan fingerprint density at radius 1 is 1.33 bits per heavy atom. The lowest BCUT2D eigenvalue weighted by Crippen LogP contribution is -2.38. The minimum Gasteiger partial charge on any atom is -0.492 e. The minimum atomic E-state index is 0.531. The highest BCUT2D eigenvalue weighted by molar-refractivity contribution is 5.36. The first-order valence-electron chi connectivity index (χ1n) is 7.13. The van der Waals surface area contributed by atoms with Crippen LogP contribution in [-0.2, 0) is 0 Å². The summed E-state index contributed by atoms with van der Waals surface area (Å²) in [5, 5.41) is 3.51. The number of benzene rings is 1. The van der Waals surface area contributed by atoms with Gasteiger partial charge < -0.3 is 10.1 Å². The van der Waals surface area contributed by atoms with E-state index in [4.69, 9.17) is 4.74 Å². The molecule has 1 N–H and O–H groups in total. The van der Waals surface area contributed by atoms with Crippen LogP contribution in [0.2, 0.25) is 0 Å². The number of piperidine rings is 1. The van der Waals surface area contributed by atoms with E-state index < -0.39 is 0 Å². The SMILES string of the molecule is Cc1cc(OCC2CCCCN2)ccc1C(C)C. The van der Waals surface area contributed by atoms with Crippen LogP contribution in [0.5, 0.6) is 5.75 Å². The van der Waals surface area contributed by atoms with Gasteiger partial charge in [-0.05, 0) is 55.5 Å². The van der Waals surface area contributed by atoms with Crippen molar-refractivity contribution >= 4 is 0 Å². The lowest BCUT2D eigenvalue weighted by molar-refractivity contribution is 0.239. The zero-order valence-corrected chi connectivity index (χ0v) is 11.8. The highest BCUT2D eigenvalue weighted by Crippen LogP contribution is 2.23. The molecule has 18 heavy (non-hydrogen) atoms. The molecular weight excluding hydrogens is 222 g/mol. The van der Waals surface area contributed by atoms with Gasteiger partial charge in [-0.15, -0.1) is 0 Å². The van der Waals surface area contributed by atoms with Crippen molar-refractivity contribution in [3.05, 3.63) is 29.3 Å². The fourth-order valence-electron chi connectivity index (χ4n) is 2.65. The third kappa shape index (κ3) is 3.49. The van der Waals surface area contributed by atoms with E-state index in [1.54, 1.807) is 0 Å². The van der Waals surface area contributed by atoms with Gasteiger partial charge in [0.25, 0.3) is 0 Å². The summed E-state index contributed by atoms with van der Waals surface area (Å²) in [6, 6.07) is 7.00. The Balaban J connectivity index is 1.91. The topological polar surface area (TPSA) is 21.3 Å². The smallest absolute Gasteiger partial charge is 0.119 e. The van der Waals surface area contributed by atoms with Gasteiger partial charge in [0.1, 0.15) is 12.4 Å². The van der Waals surface area contributed by atoms with E-state index in [1.165, 1.54) is 30.4 Å². The minimum absolute atomic E-state index is 0.531. The monoisotopic (exact) mass is 247 g/mol. The highest BCUT2D eigenvalue weighted by Gasteiger charge is 2.13. The fourth-order valence-corrected chi connectivity index (χ4v) is 2.65. The van der Waals surface area contributed by atoms with Crippen LogP contribution in [0.15, 0.2) is 18.2 Å². The maximum Gasteiger partial charge on any atom is 0.119 e. The van der Waals surface area contributed by atoms with Gasteiger partial charge in [0, 0.05) is 6.04 Å². The van der Waals surface area contributed by atoms with Crippen LogP contribution in [0.4, 0.5) is 0 Å². The first kappa shape index (κ1) is 13.4. The van der Waals surface area contributed by atoms with E-state index in [-0.39, 0.29) is 0 Å². The first-order valence-corrected chi connectivity index (χ1v) is 7.13. The van der Waals surface area contributed by atoms with Crippen LogP contribution in [-0.4, -0.2) is 19.2 Å². The molecule has 0 saturated carbocycles. The number of hydrogen-bond acceptors (Lipinski definition) is 2. The van der Waals surface area contributed by atoms with Gasteiger partial charge in [-0.2, -0.15) is 0 Å². The summed E-state index contributed by atoms with van der Waals surface area (Å²) in [6.07, 6.45) is 3.87. The lowest BCUT2D eigenvalue weighted by atomic mass is 9.98. The van der Waals surface area contributed by atoms with Crippen molar-refractivity contribution < 1.29 is 4.74 Å². The second-order valence-electron chi connectivity index (χ2n) is 5.63. The van der Waals surface area contributed by atoms with Gasteiger partial charge >= 0.3 is 0 Å². The zero-order chi connectivity index (χ0) is 13.0. The Morgan fingerprint density at radius 3 is 2.78 bits per heavy atom. The first-order chi connectivity index (χ1) is 8.66. The Bertz CT molecular complexity index is 381. The maximum atomic E-state index is 5.90. The van der Waals surface area contributed by atoms with Crippen LogP contribution in [0.1, 0.15) is 50.2 Å². The molecule has 2 heteroatoms. The molecule has 0 amide bonds.